The van der Waals surface area contributed by atoms with E-state index in [0.717, 1.165) is 37.9 Å². The Labute approximate surface area is 119 Å². The van der Waals surface area contributed by atoms with Gasteiger partial charge >= 0.3 is 0 Å². The van der Waals surface area contributed by atoms with Crippen LogP contribution in [0, 0.1) is 11.3 Å². The zero-order valence-corrected chi connectivity index (χ0v) is 11.8. The van der Waals surface area contributed by atoms with Crippen molar-refractivity contribution in [1.82, 2.24) is 5.32 Å². The van der Waals surface area contributed by atoms with Crippen LogP contribution in [-0.2, 0) is 11.2 Å². The van der Waals surface area contributed by atoms with E-state index in [4.69, 9.17) is 0 Å². The average molecular weight is 268 g/mol. The third-order valence-electron chi connectivity index (χ3n) is 4.89. The van der Waals surface area contributed by atoms with Gasteiger partial charge in [0.2, 0.25) is 5.91 Å². The van der Waals surface area contributed by atoms with Crippen LogP contribution in [0.15, 0.2) is 24.3 Å². The monoisotopic (exact) mass is 268 g/mol. The molecule has 0 radical (unpaired) electrons. The molecule has 1 aliphatic carbocycles. The van der Waals surface area contributed by atoms with Crippen LogP contribution in [0.4, 0.5) is 5.69 Å². The molecule has 20 heavy (non-hydrogen) atoms. The summed E-state index contributed by atoms with van der Waals surface area (Å²) in [5.74, 6) is 0.937. The van der Waals surface area contributed by atoms with E-state index in [1.54, 1.807) is 0 Å². The lowest BCUT2D eigenvalue weighted by molar-refractivity contribution is -0.121. The lowest BCUT2D eigenvalue weighted by Crippen LogP contribution is -2.31. The summed E-state index contributed by atoms with van der Waals surface area (Å²) in [5, 5.41) is 6.58. The van der Waals surface area contributed by atoms with Gasteiger partial charge in [-0.1, -0.05) is 19.1 Å². The van der Waals surface area contributed by atoms with Crippen LogP contribution in [0.5, 0.6) is 0 Å². The number of nitrogens with one attached hydrogen (secondary N) is 2. The van der Waals surface area contributed by atoms with Gasteiger partial charge in [-0.3, -0.25) is 4.79 Å². The third kappa shape index (κ3) is 1.84. The highest BCUT2D eigenvalue weighted by Gasteiger charge is 2.52. The van der Waals surface area contributed by atoms with Crippen LogP contribution in [0.2, 0.25) is 0 Å². The number of hydrogen-bond acceptors (Lipinski definition) is 2. The molecule has 0 aromatic heterocycles. The minimum atomic E-state index is -0.0749. The van der Waals surface area contributed by atoms with Crippen LogP contribution in [0.3, 0.4) is 0 Å². The summed E-state index contributed by atoms with van der Waals surface area (Å²) >= 11 is 0. The molecule has 0 bridgehead atoms. The third-order valence-corrected chi connectivity index (χ3v) is 4.89. The topological polar surface area (TPSA) is 41.1 Å². The maximum absolute atomic E-state index is 12.0. The predicted octanol–water partition coefficient (Wildman–Crippen LogP) is 2.93. The van der Waals surface area contributed by atoms with Crippen LogP contribution in [0.25, 0.3) is 5.70 Å². The first-order valence-corrected chi connectivity index (χ1v) is 7.55. The van der Waals surface area contributed by atoms with Crippen LogP contribution < -0.4 is 10.6 Å². The summed E-state index contributed by atoms with van der Waals surface area (Å²) in [6.45, 7) is 3.31. The van der Waals surface area contributed by atoms with Gasteiger partial charge in [-0.15, -0.1) is 0 Å². The largest absolute Gasteiger partial charge is 0.385 e. The molecule has 1 aromatic rings. The predicted molar refractivity (Wildman–Crippen MR) is 80.2 cm³/mol. The van der Waals surface area contributed by atoms with Crippen molar-refractivity contribution in [2.45, 2.75) is 32.6 Å². The molecule has 3 heteroatoms. The number of carbonyl (C=O) groups excluding carboxylic acids is 1. The fraction of sp³-hybridized carbons (Fsp3) is 0.471. The number of carbonyl (C=O) groups is 1. The van der Waals surface area contributed by atoms with E-state index in [-0.39, 0.29) is 11.3 Å². The molecule has 2 heterocycles. The van der Waals surface area contributed by atoms with Crippen LogP contribution in [-0.4, -0.2) is 12.5 Å². The molecule has 1 amide bonds. The Balaban J connectivity index is 1.66. The second-order valence-corrected chi connectivity index (χ2v) is 6.62. The maximum Gasteiger partial charge on any atom is 0.230 e. The highest BCUT2D eigenvalue weighted by atomic mass is 16.2. The summed E-state index contributed by atoms with van der Waals surface area (Å²) < 4.78 is 0. The zero-order valence-electron chi connectivity index (χ0n) is 11.8. The van der Waals surface area contributed by atoms with Gasteiger partial charge in [-0.25, -0.2) is 0 Å². The molecule has 104 valence electrons. The van der Waals surface area contributed by atoms with E-state index >= 15 is 0 Å². The highest BCUT2D eigenvalue weighted by Crippen LogP contribution is 2.52. The van der Waals surface area contributed by atoms with Crippen molar-refractivity contribution >= 4 is 17.3 Å². The smallest absolute Gasteiger partial charge is 0.230 e. The Morgan fingerprint density at radius 3 is 2.85 bits per heavy atom. The number of hydrogen-bond donors (Lipinski definition) is 2. The Kier molecular flexibility index (Phi) is 2.47. The maximum atomic E-state index is 12.0. The van der Waals surface area contributed by atoms with E-state index in [1.807, 2.05) is 0 Å². The molecular formula is C17H20N2O. The number of anilines is 1. The first-order valence-electron chi connectivity index (χ1n) is 7.55. The molecule has 0 saturated heterocycles. The molecule has 1 aromatic carbocycles. The van der Waals surface area contributed by atoms with Gasteiger partial charge < -0.3 is 10.6 Å². The minimum Gasteiger partial charge on any atom is -0.385 e. The van der Waals surface area contributed by atoms with Gasteiger partial charge in [0.25, 0.3) is 0 Å². The van der Waals surface area contributed by atoms with Crippen molar-refractivity contribution in [2.75, 3.05) is 11.9 Å². The van der Waals surface area contributed by atoms with Gasteiger partial charge in [0.1, 0.15) is 0 Å². The van der Waals surface area contributed by atoms with Gasteiger partial charge in [0, 0.05) is 17.9 Å². The Hall–Kier alpha value is -1.77. The Bertz CT molecular complexity index is 613. The van der Waals surface area contributed by atoms with Crippen molar-refractivity contribution in [2.24, 2.45) is 11.3 Å². The summed E-state index contributed by atoms with van der Waals surface area (Å²) in [7, 11) is 0. The molecule has 0 unspecified atom stereocenters. The molecular weight excluding hydrogens is 248 g/mol. The number of amides is 1. The normalized spacial score (nSPS) is 26.4. The van der Waals surface area contributed by atoms with E-state index < -0.39 is 0 Å². The second kappa shape index (κ2) is 4.11. The highest BCUT2D eigenvalue weighted by molar-refractivity contribution is 6.00. The number of benzene rings is 1. The van der Waals surface area contributed by atoms with E-state index in [9.17, 15) is 4.79 Å². The molecule has 1 fully saturated rings. The Morgan fingerprint density at radius 2 is 2.15 bits per heavy atom. The summed E-state index contributed by atoms with van der Waals surface area (Å²) in [5.41, 5.74) is 4.71. The molecule has 3 aliphatic rings. The number of fused-ring (bicyclic) bond motifs is 1. The Morgan fingerprint density at radius 1 is 1.30 bits per heavy atom. The standard InChI is InChI=1S/C17H20N2O/c1-11-2-4-14(18-10-11)12-3-5-15-13(8-12)9-17(6-7-17)16(20)19-15/h3-5,8,11,18H,2,6-7,9-10H2,1H3,(H,19,20)/t11-/m0/s1. The molecule has 1 saturated carbocycles. The zero-order chi connectivity index (χ0) is 13.7. The first kappa shape index (κ1) is 12.0. The van der Waals surface area contributed by atoms with E-state index in [2.05, 4.69) is 41.8 Å². The fourth-order valence-electron chi connectivity index (χ4n) is 3.26. The van der Waals surface area contributed by atoms with Crippen molar-refractivity contribution < 1.29 is 4.79 Å². The van der Waals surface area contributed by atoms with Gasteiger partial charge in [-0.2, -0.15) is 0 Å². The fourth-order valence-corrected chi connectivity index (χ4v) is 3.26. The summed E-state index contributed by atoms with van der Waals surface area (Å²) in [6, 6.07) is 6.42. The van der Waals surface area contributed by atoms with E-state index in [1.165, 1.54) is 16.8 Å². The van der Waals surface area contributed by atoms with Crippen molar-refractivity contribution in [1.29, 1.82) is 0 Å². The summed E-state index contributed by atoms with van der Waals surface area (Å²) in [4.78, 5) is 12.0. The van der Waals surface area contributed by atoms with Gasteiger partial charge in [-0.05, 0) is 54.9 Å². The van der Waals surface area contributed by atoms with Gasteiger partial charge in [0.15, 0.2) is 0 Å². The molecule has 1 atom stereocenters. The van der Waals surface area contributed by atoms with Crippen molar-refractivity contribution in [3.8, 4) is 0 Å². The van der Waals surface area contributed by atoms with E-state index in [0.29, 0.717) is 5.92 Å². The SMILES string of the molecule is C[C@H]1CC=C(c2ccc3c(c2)CC2(CC2)C(=O)N3)NC1. The number of allylic oxidation sites excluding steroid dienone is 1. The average Bonchev–Trinajstić information content (AvgIpc) is 3.21. The number of rotatable bonds is 1. The quantitative estimate of drug-likeness (QED) is 0.822. The lowest BCUT2D eigenvalue weighted by atomic mass is 9.88. The molecule has 2 aliphatic heterocycles. The van der Waals surface area contributed by atoms with Crippen LogP contribution in [0.1, 0.15) is 37.3 Å². The molecule has 4 rings (SSSR count). The van der Waals surface area contributed by atoms with Crippen molar-refractivity contribution in [3.63, 3.8) is 0 Å². The molecule has 2 N–H and O–H groups in total. The van der Waals surface area contributed by atoms with Crippen LogP contribution >= 0.6 is 0 Å². The second-order valence-electron chi connectivity index (χ2n) is 6.62. The van der Waals surface area contributed by atoms with Gasteiger partial charge in [0.05, 0.1) is 5.41 Å². The van der Waals surface area contributed by atoms with Crippen molar-refractivity contribution in [3.05, 3.63) is 35.4 Å². The lowest BCUT2D eigenvalue weighted by Gasteiger charge is -2.26. The minimum absolute atomic E-state index is 0.0749. The first-order chi connectivity index (χ1) is 9.66. The molecule has 1 spiro atoms. The summed E-state index contributed by atoms with van der Waals surface area (Å²) in [6.07, 6.45) is 6.43. The molecule has 3 nitrogen and oxygen atoms in total.